The van der Waals surface area contributed by atoms with E-state index in [4.69, 9.17) is 11.6 Å². The maximum Gasteiger partial charge on any atom is 0.337 e. The van der Waals surface area contributed by atoms with Crippen LogP contribution in [-0.2, 0) is 4.74 Å². The van der Waals surface area contributed by atoms with Crippen molar-refractivity contribution >= 4 is 29.2 Å². The van der Waals surface area contributed by atoms with Crippen LogP contribution in [-0.4, -0.2) is 19.0 Å². The summed E-state index contributed by atoms with van der Waals surface area (Å²) >= 11 is 6.07. The lowest BCUT2D eigenvalue weighted by Crippen LogP contribution is -2.12. The number of hydrogen-bond donors (Lipinski definition) is 1. The summed E-state index contributed by atoms with van der Waals surface area (Å²) in [7, 11) is 1.31. The van der Waals surface area contributed by atoms with E-state index in [2.05, 4.69) is 10.1 Å². The Morgan fingerprint density at radius 2 is 1.67 bits per heavy atom. The number of methoxy groups -OCH3 is 1. The van der Waals surface area contributed by atoms with Crippen LogP contribution in [0.4, 0.5) is 5.69 Å². The molecule has 0 saturated carbocycles. The second-order valence-electron chi connectivity index (χ2n) is 4.51. The summed E-state index contributed by atoms with van der Waals surface area (Å²) in [5.74, 6) is -0.735. The minimum absolute atomic E-state index is 0.294. The van der Waals surface area contributed by atoms with Crippen LogP contribution in [0.3, 0.4) is 0 Å². The van der Waals surface area contributed by atoms with E-state index >= 15 is 0 Å². The highest BCUT2D eigenvalue weighted by atomic mass is 35.5. The average Bonchev–Trinajstić information content (AvgIpc) is 2.49. The second-order valence-corrected chi connectivity index (χ2v) is 4.91. The van der Waals surface area contributed by atoms with Crippen LogP contribution >= 0.6 is 11.6 Å². The highest BCUT2D eigenvalue weighted by Gasteiger charge is 2.10. The Balaban J connectivity index is 2.15. The predicted molar refractivity (Wildman–Crippen MR) is 81.9 cm³/mol. The van der Waals surface area contributed by atoms with E-state index in [9.17, 15) is 9.59 Å². The van der Waals surface area contributed by atoms with Gasteiger partial charge in [0.2, 0.25) is 0 Å². The number of hydrogen-bond acceptors (Lipinski definition) is 3. The number of aryl methyl sites for hydroxylation is 1. The van der Waals surface area contributed by atoms with E-state index in [-0.39, 0.29) is 5.91 Å². The van der Waals surface area contributed by atoms with Crippen LogP contribution in [0.25, 0.3) is 0 Å². The third-order valence-electron chi connectivity index (χ3n) is 2.94. The van der Waals surface area contributed by atoms with Crippen LogP contribution in [0.15, 0.2) is 42.5 Å². The molecule has 21 heavy (non-hydrogen) atoms. The molecule has 0 bridgehead atoms. The Kier molecular flexibility index (Phi) is 4.60. The van der Waals surface area contributed by atoms with Gasteiger partial charge < -0.3 is 10.1 Å². The zero-order valence-electron chi connectivity index (χ0n) is 11.6. The quantitative estimate of drug-likeness (QED) is 0.880. The van der Waals surface area contributed by atoms with E-state index in [0.29, 0.717) is 21.8 Å². The van der Waals surface area contributed by atoms with Crippen molar-refractivity contribution in [3.63, 3.8) is 0 Å². The zero-order valence-corrected chi connectivity index (χ0v) is 12.4. The van der Waals surface area contributed by atoms with Gasteiger partial charge in [-0.15, -0.1) is 0 Å². The van der Waals surface area contributed by atoms with Gasteiger partial charge in [0.15, 0.2) is 0 Å². The maximum atomic E-state index is 12.1. The number of amides is 1. The number of halogens is 1. The number of esters is 1. The molecular weight excluding hydrogens is 290 g/mol. The van der Waals surface area contributed by atoms with Gasteiger partial charge in [0.1, 0.15) is 0 Å². The summed E-state index contributed by atoms with van der Waals surface area (Å²) in [6.45, 7) is 1.92. The van der Waals surface area contributed by atoms with E-state index in [0.717, 1.165) is 5.56 Å². The number of anilines is 1. The van der Waals surface area contributed by atoms with Crippen molar-refractivity contribution in [1.82, 2.24) is 0 Å². The Morgan fingerprint density at radius 3 is 2.24 bits per heavy atom. The van der Waals surface area contributed by atoms with Gasteiger partial charge in [-0.05, 0) is 48.9 Å². The first-order chi connectivity index (χ1) is 10.0. The highest BCUT2D eigenvalue weighted by Crippen LogP contribution is 2.23. The van der Waals surface area contributed by atoms with Gasteiger partial charge in [0, 0.05) is 5.56 Å². The number of carbonyl (C=O) groups excluding carboxylic acids is 2. The second kappa shape index (κ2) is 6.41. The first-order valence-corrected chi connectivity index (χ1v) is 6.65. The Labute approximate surface area is 127 Å². The van der Waals surface area contributed by atoms with Gasteiger partial charge in [-0.2, -0.15) is 0 Å². The molecule has 0 unspecified atom stereocenters. The topological polar surface area (TPSA) is 55.4 Å². The fraction of sp³-hybridized carbons (Fsp3) is 0.125. The number of rotatable bonds is 3. The van der Waals surface area contributed by atoms with Crippen molar-refractivity contribution in [2.75, 3.05) is 12.4 Å². The first kappa shape index (κ1) is 15.1. The number of nitrogens with one attached hydrogen (secondary N) is 1. The van der Waals surface area contributed by atoms with E-state index in [1.807, 2.05) is 13.0 Å². The molecule has 0 saturated heterocycles. The van der Waals surface area contributed by atoms with E-state index in [1.165, 1.54) is 19.2 Å². The molecule has 2 aromatic carbocycles. The Bertz CT molecular complexity index is 680. The average molecular weight is 304 g/mol. The molecule has 1 amide bonds. The maximum absolute atomic E-state index is 12.1. The monoisotopic (exact) mass is 303 g/mol. The lowest BCUT2D eigenvalue weighted by Gasteiger charge is -2.08. The molecule has 108 valence electrons. The molecule has 0 aliphatic rings. The standard InChI is InChI=1S/C16H14ClNO3/c1-10-3-8-14(13(17)9-10)18-15(19)11-4-6-12(7-5-11)16(20)21-2/h3-9H,1-2H3,(H,18,19). The van der Waals surface area contributed by atoms with Crippen LogP contribution < -0.4 is 5.32 Å². The summed E-state index contributed by atoms with van der Waals surface area (Å²) in [4.78, 5) is 23.4. The summed E-state index contributed by atoms with van der Waals surface area (Å²) in [6.07, 6.45) is 0. The molecule has 0 aromatic heterocycles. The fourth-order valence-electron chi connectivity index (χ4n) is 1.79. The van der Waals surface area contributed by atoms with Gasteiger partial charge in [0.05, 0.1) is 23.4 Å². The molecule has 2 aromatic rings. The highest BCUT2D eigenvalue weighted by molar-refractivity contribution is 6.34. The molecule has 0 spiro atoms. The normalized spacial score (nSPS) is 10.0. The van der Waals surface area contributed by atoms with E-state index in [1.54, 1.807) is 24.3 Å². The van der Waals surface area contributed by atoms with Crippen molar-refractivity contribution in [3.8, 4) is 0 Å². The van der Waals surface area contributed by atoms with Crippen LogP contribution in [0.1, 0.15) is 26.3 Å². The minimum atomic E-state index is -0.441. The van der Waals surface area contributed by atoms with Crippen molar-refractivity contribution in [2.24, 2.45) is 0 Å². The van der Waals surface area contributed by atoms with Gasteiger partial charge >= 0.3 is 5.97 Å². The number of ether oxygens (including phenoxy) is 1. The molecule has 2 rings (SSSR count). The van der Waals surface area contributed by atoms with Gasteiger partial charge in [-0.25, -0.2) is 4.79 Å². The Hall–Kier alpha value is -2.33. The van der Waals surface area contributed by atoms with E-state index < -0.39 is 5.97 Å². The first-order valence-electron chi connectivity index (χ1n) is 6.27. The third-order valence-corrected chi connectivity index (χ3v) is 3.25. The van der Waals surface area contributed by atoms with Crippen LogP contribution in [0, 0.1) is 6.92 Å². The van der Waals surface area contributed by atoms with Crippen molar-refractivity contribution in [1.29, 1.82) is 0 Å². The lowest BCUT2D eigenvalue weighted by atomic mass is 10.1. The van der Waals surface area contributed by atoms with Crippen LogP contribution in [0.5, 0.6) is 0 Å². The minimum Gasteiger partial charge on any atom is -0.465 e. The van der Waals surface area contributed by atoms with Crippen molar-refractivity contribution < 1.29 is 14.3 Å². The van der Waals surface area contributed by atoms with Gasteiger partial charge in [0.25, 0.3) is 5.91 Å². The molecule has 0 aliphatic heterocycles. The van der Waals surface area contributed by atoms with Crippen LogP contribution in [0.2, 0.25) is 5.02 Å². The molecule has 1 N–H and O–H groups in total. The largest absolute Gasteiger partial charge is 0.465 e. The molecule has 0 radical (unpaired) electrons. The summed E-state index contributed by atoms with van der Waals surface area (Å²) in [5, 5.41) is 3.21. The third kappa shape index (κ3) is 3.61. The van der Waals surface area contributed by atoms with Gasteiger partial charge in [-0.1, -0.05) is 17.7 Å². The van der Waals surface area contributed by atoms with Crippen molar-refractivity contribution in [2.45, 2.75) is 6.92 Å². The Morgan fingerprint density at radius 1 is 1.05 bits per heavy atom. The fourth-order valence-corrected chi connectivity index (χ4v) is 2.07. The molecule has 5 heteroatoms. The summed E-state index contributed by atoms with van der Waals surface area (Å²) in [6, 6.07) is 11.6. The summed E-state index contributed by atoms with van der Waals surface area (Å²) in [5.41, 5.74) is 2.38. The lowest BCUT2D eigenvalue weighted by molar-refractivity contribution is 0.0600. The molecule has 0 heterocycles. The molecular formula is C16H14ClNO3. The molecule has 0 aliphatic carbocycles. The van der Waals surface area contributed by atoms with Gasteiger partial charge in [-0.3, -0.25) is 4.79 Å². The molecule has 4 nitrogen and oxygen atoms in total. The number of carbonyl (C=O) groups is 2. The summed E-state index contributed by atoms with van der Waals surface area (Å²) < 4.78 is 4.60. The SMILES string of the molecule is COC(=O)c1ccc(C(=O)Nc2ccc(C)cc2Cl)cc1. The smallest absolute Gasteiger partial charge is 0.337 e. The zero-order chi connectivity index (χ0) is 15.4. The molecule has 0 fully saturated rings. The predicted octanol–water partition coefficient (Wildman–Crippen LogP) is 3.69. The number of benzene rings is 2. The molecule has 0 atom stereocenters. The van der Waals surface area contributed by atoms with Crippen molar-refractivity contribution in [3.05, 3.63) is 64.2 Å².